The second-order valence-electron chi connectivity index (χ2n) is 8.33. The van der Waals surface area contributed by atoms with Crippen LogP contribution in [0.2, 0.25) is 0 Å². The van der Waals surface area contributed by atoms with Gasteiger partial charge in [-0.15, -0.1) is 0 Å². The number of carboxylic acids is 1. The molecule has 171 valence electrons. The molecule has 0 aromatic heterocycles. The minimum atomic E-state index is -0.949. The second kappa shape index (κ2) is 21.2. The van der Waals surface area contributed by atoms with Gasteiger partial charge in [0.05, 0.1) is 0 Å². The van der Waals surface area contributed by atoms with Crippen LogP contribution in [-0.2, 0) is 26.7 Å². The molecule has 1 atom stereocenters. The van der Waals surface area contributed by atoms with E-state index in [0.29, 0.717) is 6.42 Å². The zero-order valence-corrected chi connectivity index (χ0v) is 19.5. The van der Waals surface area contributed by atoms with E-state index in [1.54, 1.807) is 0 Å². The predicted octanol–water partition coefficient (Wildman–Crippen LogP) is 6.47. The molecule has 0 rings (SSSR count). The van der Waals surface area contributed by atoms with E-state index in [1.165, 1.54) is 83.5 Å². The van der Waals surface area contributed by atoms with Crippen LogP contribution in [0.15, 0.2) is 0 Å². The van der Waals surface area contributed by atoms with Gasteiger partial charge in [-0.05, 0) is 12.3 Å². The maximum Gasteiger partial charge on any atom is 0.326 e. The summed E-state index contributed by atoms with van der Waals surface area (Å²) in [7, 11) is 0. The molecular formula is C23H45CuNO3. The van der Waals surface area contributed by atoms with Crippen LogP contribution in [0.5, 0.6) is 0 Å². The van der Waals surface area contributed by atoms with E-state index >= 15 is 0 Å². The van der Waals surface area contributed by atoms with Crippen molar-refractivity contribution in [1.82, 2.24) is 5.32 Å². The maximum atomic E-state index is 11.8. The Morgan fingerprint density at radius 3 is 1.39 bits per heavy atom. The third kappa shape index (κ3) is 18.8. The molecule has 2 N–H and O–H groups in total. The van der Waals surface area contributed by atoms with Gasteiger partial charge in [-0.1, -0.05) is 111 Å². The molecule has 0 heterocycles. The monoisotopic (exact) mass is 446 g/mol. The molecule has 0 aromatic carbocycles. The molecule has 1 amide bonds. The van der Waals surface area contributed by atoms with Gasteiger partial charge in [0.25, 0.3) is 0 Å². The Morgan fingerprint density at radius 2 is 1.07 bits per heavy atom. The standard InChI is InChI=1S/C23H45NO3.Cu/c1-4-5-6-7-8-9-10-11-12-13-14-15-16-17-18-19-21(25)24-22(20(2)3)23(26)27;/h20,22H,4-19H2,1-3H3,(H,24,25)(H,26,27);/t22-;/m0./s1. The first-order valence-corrected chi connectivity index (χ1v) is 11.5. The van der Waals surface area contributed by atoms with E-state index in [2.05, 4.69) is 12.2 Å². The Labute approximate surface area is 184 Å². The summed E-state index contributed by atoms with van der Waals surface area (Å²) >= 11 is 0. The van der Waals surface area contributed by atoms with Gasteiger partial charge in [0.1, 0.15) is 6.04 Å². The summed E-state index contributed by atoms with van der Waals surface area (Å²) < 4.78 is 0. The molecule has 0 unspecified atom stereocenters. The average molecular weight is 447 g/mol. The molecule has 1 radical (unpaired) electrons. The SMILES string of the molecule is CCCCCCCCCCCCCCCCCC(=O)N[C@H](C(=O)O)C(C)C.[Cu]. The summed E-state index contributed by atoms with van der Waals surface area (Å²) in [4.78, 5) is 22.9. The fourth-order valence-corrected chi connectivity index (χ4v) is 3.42. The summed E-state index contributed by atoms with van der Waals surface area (Å²) in [6, 6.07) is -0.770. The number of carbonyl (C=O) groups excluding carboxylic acids is 1. The summed E-state index contributed by atoms with van der Waals surface area (Å²) in [5, 5.41) is 11.7. The van der Waals surface area contributed by atoms with Crippen LogP contribution in [0.25, 0.3) is 0 Å². The maximum absolute atomic E-state index is 11.8. The zero-order valence-electron chi connectivity index (χ0n) is 18.5. The topological polar surface area (TPSA) is 66.4 Å². The molecule has 0 saturated heterocycles. The van der Waals surface area contributed by atoms with Crippen LogP contribution in [-0.4, -0.2) is 23.0 Å². The van der Waals surface area contributed by atoms with E-state index in [1.807, 2.05) is 13.8 Å². The van der Waals surface area contributed by atoms with E-state index < -0.39 is 12.0 Å². The van der Waals surface area contributed by atoms with Crippen LogP contribution in [0, 0.1) is 5.92 Å². The fraction of sp³-hybridized carbons (Fsp3) is 0.913. The number of unbranched alkanes of at least 4 members (excludes halogenated alkanes) is 14. The number of rotatable bonds is 19. The van der Waals surface area contributed by atoms with E-state index in [9.17, 15) is 9.59 Å². The van der Waals surface area contributed by atoms with Gasteiger partial charge in [-0.2, -0.15) is 0 Å². The third-order valence-corrected chi connectivity index (χ3v) is 5.26. The zero-order chi connectivity index (χ0) is 20.3. The van der Waals surface area contributed by atoms with Gasteiger partial charge < -0.3 is 10.4 Å². The first-order chi connectivity index (χ1) is 13.0. The van der Waals surface area contributed by atoms with Crippen LogP contribution < -0.4 is 5.32 Å². The van der Waals surface area contributed by atoms with Crippen molar-refractivity contribution < 1.29 is 31.8 Å². The Kier molecular flexibility index (Phi) is 22.4. The average Bonchev–Trinajstić information content (AvgIpc) is 2.62. The van der Waals surface area contributed by atoms with Gasteiger partial charge in [-0.25, -0.2) is 4.79 Å². The fourth-order valence-electron chi connectivity index (χ4n) is 3.42. The van der Waals surface area contributed by atoms with Crippen molar-refractivity contribution in [2.45, 2.75) is 130 Å². The second-order valence-corrected chi connectivity index (χ2v) is 8.33. The molecule has 0 aliphatic rings. The first-order valence-electron chi connectivity index (χ1n) is 11.5. The molecule has 0 aliphatic heterocycles. The van der Waals surface area contributed by atoms with Crippen molar-refractivity contribution in [1.29, 1.82) is 0 Å². The molecule has 0 aliphatic carbocycles. The van der Waals surface area contributed by atoms with Crippen LogP contribution in [0.3, 0.4) is 0 Å². The number of carbonyl (C=O) groups is 2. The number of aliphatic carboxylic acids is 1. The van der Waals surface area contributed by atoms with Crippen LogP contribution in [0.1, 0.15) is 124 Å². The Hall–Kier alpha value is -0.541. The van der Waals surface area contributed by atoms with Crippen molar-refractivity contribution >= 4 is 11.9 Å². The van der Waals surface area contributed by atoms with Crippen molar-refractivity contribution in [3.05, 3.63) is 0 Å². The van der Waals surface area contributed by atoms with Gasteiger partial charge >= 0.3 is 5.97 Å². The molecule has 28 heavy (non-hydrogen) atoms. The van der Waals surface area contributed by atoms with Gasteiger partial charge in [0.2, 0.25) is 5.91 Å². The van der Waals surface area contributed by atoms with Gasteiger partial charge in [-0.3, -0.25) is 4.79 Å². The molecule has 0 aromatic rings. The summed E-state index contributed by atoms with van der Waals surface area (Å²) in [5.41, 5.74) is 0. The summed E-state index contributed by atoms with van der Waals surface area (Å²) in [6.45, 7) is 5.89. The Morgan fingerprint density at radius 1 is 0.714 bits per heavy atom. The van der Waals surface area contributed by atoms with Gasteiger partial charge in [0.15, 0.2) is 0 Å². The number of carboxylic acid groups (broad SMARTS) is 1. The van der Waals surface area contributed by atoms with Gasteiger partial charge in [0, 0.05) is 23.5 Å². The summed E-state index contributed by atoms with van der Waals surface area (Å²) in [6.07, 6.45) is 19.9. The van der Waals surface area contributed by atoms with E-state index in [4.69, 9.17) is 5.11 Å². The van der Waals surface area contributed by atoms with Crippen LogP contribution in [0.4, 0.5) is 0 Å². The number of hydrogen-bond acceptors (Lipinski definition) is 2. The molecule has 0 fully saturated rings. The molecule has 0 saturated carbocycles. The predicted molar refractivity (Wildman–Crippen MR) is 114 cm³/mol. The summed E-state index contributed by atoms with van der Waals surface area (Å²) in [5.74, 6) is -1.17. The molecule has 5 heteroatoms. The molecular weight excluding hydrogens is 402 g/mol. The van der Waals surface area contributed by atoms with Crippen molar-refractivity contribution in [3.63, 3.8) is 0 Å². The normalized spacial score (nSPS) is 11.9. The molecule has 0 spiro atoms. The van der Waals surface area contributed by atoms with E-state index in [-0.39, 0.29) is 28.9 Å². The molecule has 4 nitrogen and oxygen atoms in total. The largest absolute Gasteiger partial charge is 0.480 e. The van der Waals surface area contributed by atoms with Crippen LogP contribution >= 0.6 is 0 Å². The number of amides is 1. The third-order valence-electron chi connectivity index (χ3n) is 5.26. The van der Waals surface area contributed by atoms with Crippen molar-refractivity contribution in [2.75, 3.05) is 0 Å². The Bertz CT molecular complexity index is 375. The molecule has 0 bridgehead atoms. The minimum absolute atomic E-state index is 0. The Balaban J connectivity index is 0. The quantitative estimate of drug-likeness (QED) is 0.176. The number of nitrogens with one attached hydrogen (secondary N) is 1. The van der Waals surface area contributed by atoms with Crippen molar-refractivity contribution in [3.8, 4) is 0 Å². The van der Waals surface area contributed by atoms with E-state index in [0.717, 1.165) is 12.8 Å². The first kappa shape index (κ1) is 29.7. The minimum Gasteiger partial charge on any atom is -0.480 e. The smallest absolute Gasteiger partial charge is 0.326 e. The van der Waals surface area contributed by atoms with Crippen molar-refractivity contribution in [2.24, 2.45) is 5.92 Å². The number of hydrogen-bond donors (Lipinski definition) is 2.